The molecule has 3 nitrogen and oxygen atoms in total. The van der Waals surface area contributed by atoms with Gasteiger partial charge in [-0.3, -0.25) is 9.69 Å². The van der Waals surface area contributed by atoms with E-state index in [9.17, 15) is 9.90 Å². The molecule has 0 amide bonds. The van der Waals surface area contributed by atoms with Crippen molar-refractivity contribution in [3.05, 3.63) is 0 Å². The van der Waals surface area contributed by atoms with E-state index in [0.29, 0.717) is 25.4 Å². The van der Waals surface area contributed by atoms with Gasteiger partial charge in [0.25, 0.3) is 0 Å². The molecule has 18 heavy (non-hydrogen) atoms. The SMILES string of the molecule is CCCCCN(CC(CC)(CC)C(=O)O)C(C)C. The zero-order valence-corrected chi connectivity index (χ0v) is 12.8. The first-order chi connectivity index (χ1) is 8.43. The Morgan fingerprint density at radius 2 is 1.72 bits per heavy atom. The molecule has 0 aromatic carbocycles. The Morgan fingerprint density at radius 3 is 2.06 bits per heavy atom. The summed E-state index contributed by atoms with van der Waals surface area (Å²) >= 11 is 0. The first-order valence-corrected chi connectivity index (χ1v) is 7.41. The van der Waals surface area contributed by atoms with Crippen LogP contribution in [0.4, 0.5) is 0 Å². The number of hydrogen-bond acceptors (Lipinski definition) is 2. The highest BCUT2D eigenvalue weighted by Crippen LogP contribution is 2.29. The van der Waals surface area contributed by atoms with Gasteiger partial charge in [0.15, 0.2) is 0 Å². The quantitative estimate of drug-likeness (QED) is 0.605. The van der Waals surface area contributed by atoms with Crippen molar-refractivity contribution in [3.8, 4) is 0 Å². The van der Waals surface area contributed by atoms with Crippen LogP contribution >= 0.6 is 0 Å². The van der Waals surface area contributed by atoms with Gasteiger partial charge in [-0.2, -0.15) is 0 Å². The molecule has 0 aromatic heterocycles. The molecule has 0 saturated heterocycles. The summed E-state index contributed by atoms with van der Waals surface area (Å²) in [6.07, 6.45) is 5.00. The predicted octanol–water partition coefficient (Wildman–Crippen LogP) is 3.78. The van der Waals surface area contributed by atoms with E-state index in [0.717, 1.165) is 13.0 Å². The molecular weight excluding hydrogens is 226 g/mol. The van der Waals surface area contributed by atoms with Crippen molar-refractivity contribution < 1.29 is 9.90 Å². The normalized spacial score (nSPS) is 12.4. The van der Waals surface area contributed by atoms with Gasteiger partial charge in [0.05, 0.1) is 5.41 Å². The van der Waals surface area contributed by atoms with Crippen LogP contribution in [0, 0.1) is 5.41 Å². The van der Waals surface area contributed by atoms with Gasteiger partial charge in [-0.25, -0.2) is 0 Å². The summed E-state index contributed by atoms with van der Waals surface area (Å²) in [6.45, 7) is 12.2. The van der Waals surface area contributed by atoms with Crippen LogP contribution in [0.3, 0.4) is 0 Å². The fraction of sp³-hybridized carbons (Fsp3) is 0.933. The van der Waals surface area contributed by atoms with Crippen molar-refractivity contribution in [2.24, 2.45) is 5.41 Å². The van der Waals surface area contributed by atoms with Gasteiger partial charge in [-0.15, -0.1) is 0 Å². The zero-order chi connectivity index (χ0) is 14.2. The Morgan fingerprint density at radius 1 is 1.17 bits per heavy atom. The topological polar surface area (TPSA) is 40.5 Å². The minimum Gasteiger partial charge on any atom is -0.481 e. The van der Waals surface area contributed by atoms with Gasteiger partial charge in [-0.1, -0.05) is 33.6 Å². The molecule has 0 heterocycles. The van der Waals surface area contributed by atoms with Gasteiger partial charge in [-0.05, 0) is 39.7 Å². The van der Waals surface area contributed by atoms with E-state index >= 15 is 0 Å². The average molecular weight is 257 g/mol. The summed E-state index contributed by atoms with van der Waals surface area (Å²) < 4.78 is 0. The summed E-state index contributed by atoms with van der Waals surface area (Å²) in [4.78, 5) is 13.9. The van der Waals surface area contributed by atoms with E-state index in [2.05, 4.69) is 25.7 Å². The van der Waals surface area contributed by atoms with Crippen LogP contribution in [0.1, 0.15) is 66.7 Å². The molecule has 0 aliphatic carbocycles. The number of nitrogens with zero attached hydrogens (tertiary/aromatic N) is 1. The molecule has 1 N–H and O–H groups in total. The van der Waals surface area contributed by atoms with Gasteiger partial charge in [0.1, 0.15) is 0 Å². The third-order valence-corrected chi connectivity index (χ3v) is 4.09. The molecule has 0 saturated carbocycles. The van der Waals surface area contributed by atoms with Crippen molar-refractivity contribution in [2.45, 2.75) is 72.8 Å². The monoisotopic (exact) mass is 257 g/mol. The summed E-state index contributed by atoms with van der Waals surface area (Å²) in [5.74, 6) is -0.645. The van der Waals surface area contributed by atoms with Crippen LogP contribution in [0.5, 0.6) is 0 Å². The molecule has 0 rings (SSSR count). The Hall–Kier alpha value is -0.570. The molecule has 108 valence electrons. The van der Waals surface area contributed by atoms with Crippen LogP contribution in [0.25, 0.3) is 0 Å². The molecule has 0 aliphatic rings. The maximum atomic E-state index is 11.5. The Kier molecular flexibility index (Phi) is 8.25. The van der Waals surface area contributed by atoms with E-state index < -0.39 is 11.4 Å². The van der Waals surface area contributed by atoms with Crippen LogP contribution in [0.15, 0.2) is 0 Å². The van der Waals surface area contributed by atoms with Gasteiger partial charge in [0, 0.05) is 12.6 Å². The first-order valence-electron chi connectivity index (χ1n) is 7.41. The Labute approximate surface area is 113 Å². The molecule has 0 spiro atoms. The van der Waals surface area contributed by atoms with Crippen LogP contribution in [-0.4, -0.2) is 35.1 Å². The van der Waals surface area contributed by atoms with E-state index in [1.807, 2.05) is 13.8 Å². The Balaban J connectivity index is 4.66. The lowest BCUT2D eigenvalue weighted by molar-refractivity contribution is -0.151. The highest BCUT2D eigenvalue weighted by molar-refractivity contribution is 5.74. The number of carboxylic acid groups (broad SMARTS) is 1. The number of carbonyl (C=O) groups is 1. The molecular formula is C15H31NO2. The number of carboxylic acids is 1. The molecule has 3 heteroatoms. The highest BCUT2D eigenvalue weighted by atomic mass is 16.4. The summed E-state index contributed by atoms with van der Waals surface area (Å²) in [5, 5.41) is 9.50. The zero-order valence-electron chi connectivity index (χ0n) is 12.8. The van der Waals surface area contributed by atoms with Crippen LogP contribution in [-0.2, 0) is 4.79 Å². The van der Waals surface area contributed by atoms with Gasteiger partial charge >= 0.3 is 5.97 Å². The predicted molar refractivity (Wildman–Crippen MR) is 76.9 cm³/mol. The average Bonchev–Trinajstić information content (AvgIpc) is 2.33. The van der Waals surface area contributed by atoms with E-state index in [1.165, 1.54) is 12.8 Å². The van der Waals surface area contributed by atoms with Crippen molar-refractivity contribution >= 4 is 5.97 Å². The first kappa shape index (κ1) is 17.4. The number of aliphatic carboxylic acids is 1. The van der Waals surface area contributed by atoms with Crippen molar-refractivity contribution in [1.29, 1.82) is 0 Å². The maximum absolute atomic E-state index is 11.5. The van der Waals surface area contributed by atoms with Crippen molar-refractivity contribution in [1.82, 2.24) is 4.90 Å². The summed E-state index contributed by atoms with van der Waals surface area (Å²) in [7, 11) is 0. The lowest BCUT2D eigenvalue weighted by Gasteiger charge is -2.36. The second-order valence-electron chi connectivity index (χ2n) is 5.56. The number of rotatable bonds is 10. The molecule has 0 aromatic rings. The molecule has 0 bridgehead atoms. The largest absolute Gasteiger partial charge is 0.481 e. The minimum atomic E-state index is -0.645. The van der Waals surface area contributed by atoms with Crippen LogP contribution < -0.4 is 0 Å². The minimum absolute atomic E-state index is 0.415. The highest BCUT2D eigenvalue weighted by Gasteiger charge is 2.37. The molecule has 0 aliphatic heterocycles. The fourth-order valence-electron chi connectivity index (χ4n) is 2.32. The lowest BCUT2D eigenvalue weighted by Crippen LogP contribution is -2.45. The van der Waals surface area contributed by atoms with Crippen molar-refractivity contribution in [2.75, 3.05) is 13.1 Å². The van der Waals surface area contributed by atoms with E-state index in [1.54, 1.807) is 0 Å². The molecule has 0 atom stereocenters. The molecule has 0 fully saturated rings. The van der Waals surface area contributed by atoms with Gasteiger partial charge in [0.2, 0.25) is 0 Å². The maximum Gasteiger partial charge on any atom is 0.310 e. The standard InChI is InChI=1S/C15H31NO2/c1-6-9-10-11-16(13(4)5)12-15(7-2,8-3)14(17)18/h13H,6-12H2,1-5H3,(H,17,18). The lowest BCUT2D eigenvalue weighted by atomic mass is 9.81. The second kappa shape index (κ2) is 8.52. The molecule has 0 radical (unpaired) electrons. The fourth-order valence-corrected chi connectivity index (χ4v) is 2.32. The Bertz CT molecular complexity index is 235. The van der Waals surface area contributed by atoms with E-state index in [-0.39, 0.29) is 0 Å². The van der Waals surface area contributed by atoms with Crippen LogP contribution in [0.2, 0.25) is 0 Å². The van der Waals surface area contributed by atoms with E-state index in [4.69, 9.17) is 0 Å². The molecule has 0 unspecified atom stereocenters. The van der Waals surface area contributed by atoms with Gasteiger partial charge < -0.3 is 5.11 Å². The third-order valence-electron chi connectivity index (χ3n) is 4.09. The second-order valence-corrected chi connectivity index (χ2v) is 5.56. The summed E-state index contributed by atoms with van der Waals surface area (Å²) in [6, 6.07) is 0.415. The smallest absolute Gasteiger partial charge is 0.310 e. The number of hydrogen-bond donors (Lipinski definition) is 1. The number of unbranched alkanes of at least 4 members (excludes halogenated alkanes) is 2. The third kappa shape index (κ3) is 4.97. The summed E-state index contributed by atoms with van der Waals surface area (Å²) in [5.41, 5.74) is -0.573. The van der Waals surface area contributed by atoms with Crippen molar-refractivity contribution in [3.63, 3.8) is 0 Å².